The van der Waals surface area contributed by atoms with Gasteiger partial charge in [0.25, 0.3) is 5.91 Å². The molecule has 2 rings (SSSR count). The molecule has 21 heavy (non-hydrogen) atoms. The minimum absolute atomic E-state index is 0.0821. The molecule has 114 valence electrons. The highest BCUT2D eigenvalue weighted by Crippen LogP contribution is 2.34. The molecule has 2 unspecified atom stereocenters. The SMILES string of the molecule is CCCC(CN)C(=O)N1CC(C(N)=O)Oc2ccccc21. The first kappa shape index (κ1) is 15.3. The molecule has 0 saturated carbocycles. The molecular weight excluding hydrogens is 270 g/mol. The molecule has 0 bridgehead atoms. The number of ether oxygens (including phenoxy) is 1. The summed E-state index contributed by atoms with van der Waals surface area (Å²) in [7, 11) is 0. The van der Waals surface area contributed by atoms with Crippen LogP contribution >= 0.6 is 0 Å². The minimum atomic E-state index is -0.830. The molecule has 1 heterocycles. The molecule has 0 fully saturated rings. The molecule has 2 amide bonds. The third-order valence-corrected chi connectivity index (χ3v) is 3.63. The second kappa shape index (κ2) is 6.58. The van der Waals surface area contributed by atoms with Crippen molar-refractivity contribution in [3.63, 3.8) is 0 Å². The zero-order chi connectivity index (χ0) is 15.4. The second-order valence-electron chi connectivity index (χ2n) is 5.15. The highest BCUT2D eigenvalue weighted by molar-refractivity contribution is 5.98. The van der Waals surface area contributed by atoms with E-state index in [4.69, 9.17) is 16.2 Å². The van der Waals surface area contributed by atoms with Crippen molar-refractivity contribution in [2.75, 3.05) is 18.0 Å². The van der Waals surface area contributed by atoms with Crippen molar-refractivity contribution in [1.82, 2.24) is 0 Å². The van der Waals surface area contributed by atoms with Crippen LogP contribution in [0.3, 0.4) is 0 Å². The fourth-order valence-corrected chi connectivity index (χ4v) is 2.50. The van der Waals surface area contributed by atoms with Gasteiger partial charge in [-0.05, 0) is 18.6 Å². The second-order valence-corrected chi connectivity index (χ2v) is 5.15. The van der Waals surface area contributed by atoms with Gasteiger partial charge in [0, 0.05) is 6.54 Å². The van der Waals surface area contributed by atoms with Crippen LogP contribution in [-0.4, -0.2) is 31.0 Å². The standard InChI is InChI=1S/C15H21N3O3/c1-2-5-10(8-16)15(20)18-9-13(14(17)19)21-12-7-4-3-6-11(12)18/h3-4,6-7,10,13H,2,5,8-9,16H2,1H3,(H2,17,19). The topological polar surface area (TPSA) is 98.7 Å². The average molecular weight is 291 g/mol. The summed E-state index contributed by atoms with van der Waals surface area (Å²) in [4.78, 5) is 25.7. The lowest BCUT2D eigenvalue weighted by Gasteiger charge is -2.35. The number of carbonyl (C=O) groups is 2. The maximum atomic E-state index is 12.7. The Morgan fingerprint density at radius 2 is 2.14 bits per heavy atom. The van der Waals surface area contributed by atoms with Gasteiger partial charge in [-0.25, -0.2) is 0 Å². The van der Waals surface area contributed by atoms with Gasteiger partial charge < -0.3 is 21.1 Å². The fourth-order valence-electron chi connectivity index (χ4n) is 2.50. The van der Waals surface area contributed by atoms with Crippen LogP contribution in [0.25, 0.3) is 0 Å². The Kier molecular flexibility index (Phi) is 4.80. The van der Waals surface area contributed by atoms with Gasteiger partial charge in [0.15, 0.2) is 6.10 Å². The predicted octanol–water partition coefficient (Wildman–Crippen LogP) is 0.641. The van der Waals surface area contributed by atoms with Gasteiger partial charge in [-0.3, -0.25) is 9.59 Å². The summed E-state index contributed by atoms with van der Waals surface area (Å²) < 4.78 is 5.55. The van der Waals surface area contributed by atoms with Crippen LogP contribution in [0.4, 0.5) is 5.69 Å². The molecule has 6 nitrogen and oxygen atoms in total. The molecule has 1 aliphatic heterocycles. The Hall–Kier alpha value is -2.08. The van der Waals surface area contributed by atoms with E-state index >= 15 is 0 Å². The van der Waals surface area contributed by atoms with Gasteiger partial charge >= 0.3 is 0 Å². The Labute approximate surface area is 124 Å². The third kappa shape index (κ3) is 3.16. The van der Waals surface area contributed by atoms with Crippen molar-refractivity contribution in [1.29, 1.82) is 0 Å². The highest BCUT2D eigenvalue weighted by atomic mass is 16.5. The van der Waals surface area contributed by atoms with Gasteiger partial charge in [-0.15, -0.1) is 0 Å². The number of primary amides is 1. The molecule has 1 aromatic rings. The van der Waals surface area contributed by atoms with E-state index in [0.29, 0.717) is 11.4 Å². The lowest BCUT2D eigenvalue weighted by Crippen LogP contribution is -2.51. The maximum absolute atomic E-state index is 12.7. The van der Waals surface area contributed by atoms with E-state index < -0.39 is 12.0 Å². The van der Waals surface area contributed by atoms with Crippen molar-refractivity contribution >= 4 is 17.5 Å². The highest BCUT2D eigenvalue weighted by Gasteiger charge is 2.34. The fraction of sp³-hybridized carbons (Fsp3) is 0.467. The van der Waals surface area contributed by atoms with Gasteiger partial charge in [-0.2, -0.15) is 0 Å². The van der Waals surface area contributed by atoms with E-state index in [9.17, 15) is 9.59 Å². The summed E-state index contributed by atoms with van der Waals surface area (Å²) in [5.41, 5.74) is 11.7. The quantitative estimate of drug-likeness (QED) is 0.831. The first-order valence-corrected chi connectivity index (χ1v) is 7.14. The zero-order valence-corrected chi connectivity index (χ0v) is 12.1. The molecule has 2 atom stereocenters. The summed E-state index contributed by atoms with van der Waals surface area (Å²) >= 11 is 0. The normalized spacial score (nSPS) is 18.6. The van der Waals surface area contributed by atoms with E-state index in [0.717, 1.165) is 12.8 Å². The average Bonchev–Trinajstić information content (AvgIpc) is 2.50. The molecule has 0 spiro atoms. The largest absolute Gasteiger partial charge is 0.477 e. The number of benzene rings is 1. The first-order chi connectivity index (χ1) is 10.1. The molecule has 1 aromatic carbocycles. The molecule has 0 saturated heterocycles. The van der Waals surface area contributed by atoms with Crippen LogP contribution in [0, 0.1) is 5.92 Å². The molecule has 0 aliphatic carbocycles. The number of fused-ring (bicyclic) bond motifs is 1. The monoisotopic (exact) mass is 291 g/mol. The number of hydrogen-bond donors (Lipinski definition) is 2. The van der Waals surface area contributed by atoms with E-state index in [1.807, 2.05) is 13.0 Å². The van der Waals surface area contributed by atoms with Crippen LogP contribution in [0.5, 0.6) is 5.75 Å². The van der Waals surface area contributed by atoms with E-state index in [1.165, 1.54) is 0 Å². The smallest absolute Gasteiger partial charge is 0.260 e. The predicted molar refractivity (Wildman–Crippen MR) is 79.9 cm³/mol. The van der Waals surface area contributed by atoms with Crippen molar-refractivity contribution in [2.24, 2.45) is 17.4 Å². The van der Waals surface area contributed by atoms with Crippen molar-refractivity contribution in [3.05, 3.63) is 24.3 Å². The summed E-state index contributed by atoms with van der Waals surface area (Å²) in [5, 5.41) is 0. The molecule has 0 radical (unpaired) electrons. The van der Waals surface area contributed by atoms with Crippen LogP contribution < -0.4 is 21.1 Å². The van der Waals surface area contributed by atoms with Gasteiger partial charge in [0.1, 0.15) is 5.75 Å². The summed E-state index contributed by atoms with van der Waals surface area (Å²) in [6, 6.07) is 7.13. The van der Waals surface area contributed by atoms with E-state index in [1.54, 1.807) is 23.1 Å². The third-order valence-electron chi connectivity index (χ3n) is 3.63. The number of nitrogens with zero attached hydrogens (tertiary/aromatic N) is 1. The Balaban J connectivity index is 2.32. The van der Waals surface area contributed by atoms with E-state index in [2.05, 4.69) is 0 Å². The summed E-state index contributed by atoms with van der Waals surface area (Å²) in [5.74, 6) is -0.425. The van der Waals surface area contributed by atoms with Crippen molar-refractivity contribution in [3.8, 4) is 5.75 Å². The lowest BCUT2D eigenvalue weighted by molar-refractivity contribution is -0.126. The number of anilines is 1. The number of amides is 2. The van der Waals surface area contributed by atoms with Gasteiger partial charge in [0.2, 0.25) is 5.91 Å². The van der Waals surface area contributed by atoms with Crippen LogP contribution in [0.2, 0.25) is 0 Å². The number of rotatable bonds is 5. The lowest BCUT2D eigenvalue weighted by atomic mass is 10.0. The molecule has 4 N–H and O–H groups in total. The number of hydrogen-bond acceptors (Lipinski definition) is 4. The number of para-hydroxylation sites is 2. The molecule has 6 heteroatoms. The van der Waals surface area contributed by atoms with Crippen LogP contribution in [0.15, 0.2) is 24.3 Å². The Morgan fingerprint density at radius 1 is 1.43 bits per heavy atom. The number of carbonyl (C=O) groups excluding carboxylic acids is 2. The summed E-state index contributed by atoms with van der Waals surface area (Å²) in [6.45, 7) is 2.42. The van der Waals surface area contributed by atoms with Crippen LogP contribution in [0.1, 0.15) is 19.8 Å². The molecule has 0 aromatic heterocycles. The van der Waals surface area contributed by atoms with Crippen molar-refractivity contribution < 1.29 is 14.3 Å². The minimum Gasteiger partial charge on any atom is -0.477 e. The van der Waals surface area contributed by atoms with Gasteiger partial charge in [-0.1, -0.05) is 25.5 Å². The van der Waals surface area contributed by atoms with Gasteiger partial charge in [0.05, 0.1) is 18.2 Å². The van der Waals surface area contributed by atoms with E-state index in [-0.39, 0.29) is 24.9 Å². The number of nitrogens with two attached hydrogens (primary N) is 2. The maximum Gasteiger partial charge on any atom is 0.260 e. The Morgan fingerprint density at radius 3 is 2.76 bits per heavy atom. The zero-order valence-electron chi connectivity index (χ0n) is 12.1. The van der Waals surface area contributed by atoms with Crippen molar-refractivity contribution in [2.45, 2.75) is 25.9 Å². The first-order valence-electron chi connectivity index (χ1n) is 7.14. The Bertz CT molecular complexity index is 533. The molecule has 1 aliphatic rings. The summed E-state index contributed by atoms with van der Waals surface area (Å²) in [6.07, 6.45) is 0.762. The van der Waals surface area contributed by atoms with Crippen LogP contribution in [-0.2, 0) is 9.59 Å². The molecular formula is C15H21N3O3.